The largest absolute Gasteiger partial charge is 0.364 e. The summed E-state index contributed by atoms with van der Waals surface area (Å²) in [6.45, 7) is 3.55. The van der Waals surface area contributed by atoms with E-state index in [4.69, 9.17) is 4.89 Å². The Hall–Kier alpha value is -1.30. The van der Waals surface area contributed by atoms with Gasteiger partial charge in [-0.05, 0) is 18.4 Å². The molecule has 1 aromatic heterocycles. The number of hydrogen-bond acceptors (Lipinski definition) is 6. The molecule has 0 aliphatic carbocycles. The van der Waals surface area contributed by atoms with Crippen molar-refractivity contribution in [2.75, 3.05) is 18.0 Å². The predicted octanol–water partition coefficient (Wildman–Crippen LogP) is 1.29. The number of rotatable bonds is 4. The first-order valence-electron chi connectivity index (χ1n) is 6.11. The molecule has 0 amide bonds. The van der Waals surface area contributed by atoms with Crippen LogP contribution in [0, 0.1) is 16.0 Å². The predicted molar refractivity (Wildman–Crippen MR) is 74.3 cm³/mol. The topological polar surface area (TPSA) is 91.5 Å². The van der Waals surface area contributed by atoms with Crippen LogP contribution in [-0.2, 0) is 0 Å². The normalized spacial score (nSPS) is 24.0. The van der Waals surface area contributed by atoms with E-state index in [0.717, 1.165) is 13.0 Å². The minimum absolute atomic E-state index is 0.0299. The molecule has 0 bridgehead atoms. The van der Waals surface area contributed by atoms with Crippen molar-refractivity contribution in [1.29, 1.82) is 0 Å². The minimum Gasteiger partial charge on any atom is -0.364 e. The van der Waals surface area contributed by atoms with Gasteiger partial charge in [-0.25, -0.2) is 0 Å². The van der Waals surface area contributed by atoms with Crippen LogP contribution in [-0.4, -0.2) is 33.9 Å². The van der Waals surface area contributed by atoms with Crippen LogP contribution in [0.4, 0.5) is 11.4 Å². The summed E-state index contributed by atoms with van der Waals surface area (Å²) in [6, 6.07) is 1.82. The fraction of sp³-hybridized carbons (Fsp3) is 0.545. The van der Waals surface area contributed by atoms with Gasteiger partial charge in [-0.3, -0.25) is 20.2 Å². The number of nitrogens with one attached hydrogen (secondary N) is 1. The van der Waals surface area contributed by atoms with Crippen molar-refractivity contribution in [2.24, 2.45) is 5.92 Å². The minimum atomic E-state index is -0.406. The number of aromatic nitrogens is 1. The molecule has 0 aromatic carbocycles. The average Bonchev–Trinajstić information content (AvgIpc) is 2.41. The molecule has 2 rings (SSSR count). The van der Waals surface area contributed by atoms with E-state index < -0.39 is 4.92 Å². The Labute approximate surface area is 113 Å². The van der Waals surface area contributed by atoms with Crippen molar-refractivity contribution in [1.82, 2.24) is 10.1 Å². The van der Waals surface area contributed by atoms with Crippen LogP contribution < -0.4 is 9.99 Å². The monoisotopic (exact) mass is 284 g/mol. The quantitative estimate of drug-likeness (QED) is 0.492. The van der Waals surface area contributed by atoms with Gasteiger partial charge in [-0.1, -0.05) is 6.92 Å². The van der Waals surface area contributed by atoms with Crippen molar-refractivity contribution < 1.29 is 9.82 Å². The van der Waals surface area contributed by atoms with E-state index in [0.29, 0.717) is 18.2 Å². The Bertz CT molecular complexity index is 459. The third kappa shape index (κ3) is 3.18. The summed E-state index contributed by atoms with van der Waals surface area (Å²) in [4.78, 5) is 25.4. The molecule has 3 atom stereocenters. The van der Waals surface area contributed by atoms with Crippen molar-refractivity contribution >= 4 is 20.3 Å². The number of hydrogen-bond donors (Lipinski definition) is 2. The number of piperidine rings is 1. The number of nitrogens with zero attached hydrogens (tertiary/aromatic N) is 3. The van der Waals surface area contributed by atoms with Gasteiger partial charge >= 0.3 is 5.69 Å². The lowest BCUT2D eigenvalue weighted by Gasteiger charge is -2.38. The summed E-state index contributed by atoms with van der Waals surface area (Å²) in [7, 11) is -0.308. The zero-order valence-electron chi connectivity index (χ0n) is 10.6. The maximum absolute atomic E-state index is 11.0. The van der Waals surface area contributed by atoms with Gasteiger partial charge in [0.25, 0.3) is 0 Å². The lowest BCUT2D eigenvalue weighted by Crippen LogP contribution is -2.48. The van der Waals surface area contributed by atoms with Crippen LogP contribution >= 0.6 is 8.96 Å². The SMILES string of the molecule is CC1CCN(c2ccncc2[N+](=O)[O-])CC1NPO. The van der Waals surface area contributed by atoms with E-state index in [1.165, 1.54) is 6.20 Å². The number of nitro groups is 1. The van der Waals surface area contributed by atoms with Crippen LogP contribution in [0.2, 0.25) is 0 Å². The van der Waals surface area contributed by atoms with Gasteiger partial charge < -0.3 is 9.79 Å². The molecule has 1 aromatic rings. The average molecular weight is 284 g/mol. The first-order chi connectivity index (χ1) is 9.13. The summed E-state index contributed by atoms with van der Waals surface area (Å²) in [6.07, 6.45) is 3.78. The molecule has 1 aliphatic heterocycles. The highest BCUT2D eigenvalue weighted by Crippen LogP contribution is 2.30. The standard InChI is InChI=1S/C11H17N4O3P/c1-8-3-5-14(7-9(8)13-19-18)10-2-4-12-6-11(10)15(16)17/h2,4,6,8-9,13,18-19H,3,5,7H2,1H3. The van der Waals surface area contributed by atoms with E-state index in [2.05, 4.69) is 17.0 Å². The van der Waals surface area contributed by atoms with Crippen LogP contribution in [0.1, 0.15) is 13.3 Å². The molecule has 8 heteroatoms. The maximum atomic E-state index is 11.0. The molecule has 1 aliphatic rings. The van der Waals surface area contributed by atoms with E-state index in [1.54, 1.807) is 12.3 Å². The molecular weight excluding hydrogens is 267 g/mol. The molecular formula is C11H17N4O3P. The highest BCUT2D eigenvalue weighted by Gasteiger charge is 2.29. The molecule has 1 fully saturated rings. The number of anilines is 1. The Morgan fingerprint density at radius 1 is 1.68 bits per heavy atom. The second-order valence-corrected chi connectivity index (χ2v) is 5.21. The lowest BCUT2D eigenvalue weighted by molar-refractivity contribution is -0.384. The van der Waals surface area contributed by atoms with Crippen LogP contribution in [0.25, 0.3) is 0 Å². The maximum Gasteiger partial charge on any atom is 0.310 e. The smallest absolute Gasteiger partial charge is 0.310 e. The Kier molecular flexibility index (Phi) is 4.63. The Balaban J connectivity index is 2.20. The van der Waals surface area contributed by atoms with Gasteiger partial charge in [0.1, 0.15) is 11.9 Å². The summed E-state index contributed by atoms with van der Waals surface area (Å²) < 4.78 is 0. The molecule has 19 heavy (non-hydrogen) atoms. The first kappa shape index (κ1) is 14.1. The highest BCUT2D eigenvalue weighted by molar-refractivity contribution is 7.28. The van der Waals surface area contributed by atoms with Crippen LogP contribution in [0.5, 0.6) is 0 Å². The van der Waals surface area contributed by atoms with Gasteiger partial charge in [0.2, 0.25) is 0 Å². The lowest BCUT2D eigenvalue weighted by atomic mass is 9.94. The third-order valence-electron chi connectivity index (χ3n) is 3.52. The molecule has 1 saturated heterocycles. The molecule has 3 unspecified atom stereocenters. The third-order valence-corrected chi connectivity index (χ3v) is 4.02. The van der Waals surface area contributed by atoms with E-state index in [1.807, 2.05) is 4.90 Å². The second-order valence-electron chi connectivity index (χ2n) is 4.70. The van der Waals surface area contributed by atoms with Crippen LogP contribution in [0.3, 0.4) is 0 Å². The summed E-state index contributed by atoms with van der Waals surface area (Å²) in [5.41, 5.74) is 0.627. The van der Waals surface area contributed by atoms with Crippen molar-refractivity contribution in [3.8, 4) is 0 Å². The molecule has 0 saturated carbocycles. The zero-order chi connectivity index (χ0) is 13.8. The van der Waals surface area contributed by atoms with Gasteiger partial charge in [-0.15, -0.1) is 0 Å². The summed E-state index contributed by atoms with van der Waals surface area (Å²) in [5.74, 6) is 0.441. The van der Waals surface area contributed by atoms with Crippen molar-refractivity contribution in [3.63, 3.8) is 0 Å². The molecule has 2 heterocycles. The van der Waals surface area contributed by atoms with E-state index >= 15 is 0 Å². The fourth-order valence-electron chi connectivity index (χ4n) is 2.35. The Morgan fingerprint density at radius 3 is 3.16 bits per heavy atom. The van der Waals surface area contributed by atoms with E-state index in [9.17, 15) is 10.1 Å². The highest BCUT2D eigenvalue weighted by atomic mass is 31.1. The van der Waals surface area contributed by atoms with Gasteiger partial charge in [0.05, 0.1) is 13.9 Å². The number of pyridine rings is 1. The molecule has 0 radical (unpaired) electrons. The zero-order valence-corrected chi connectivity index (χ0v) is 11.6. The second kappa shape index (κ2) is 6.23. The van der Waals surface area contributed by atoms with Gasteiger partial charge in [-0.2, -0.15) is 0 Å². The van der Waals surface area contributed by atoms with Crippen LogP contribution in [0.15, 0.2) is 18.5 Å². The fourth-order valence-corrected chi connectivity index (χ4v) is 2.89. The summed E-state index contributed by atoms with van der Waals surface area (Å²) >= 11 is 0. The molecule has 0 spiro atoms. The summed E-state index contributed by atoms with van der Waals surface area (Å²) in [5, 5.41) is 14.1. The van der Waals surface area contributed by atoms with Gasteiger partial charge in [0.15, 0.2) is 0 Å². The Morgan fingerprint density at radius 2 is 2.47 bits per heavy atom. The molecule has 2 N–H and O–H groups in total. The van der Waals surface area contributed by atoms with Crippen molar-refractivity contribution in [2.45, 2.75) is 19.4 Å². The van der Waals surface area contributed by atoms with Gasteiger partial charge in [0, 0.05) is 25.3 Å². The van der Waals surface area contributed by atoms with Crippen molar-refractivity contribution in [3.05, 3.63) is 28.6 Å². The van der Waals surface area contributed by atoms with E-state index in [-0.39, 0.29) is 20.7 Å². The molecule has 104 valence electrons. The molecule has 7 nitrogen and oxygen atoms in total. The first-order valence-corrected chi connectivity index (χ1v) is 7.06.